The van der Waals surface area contributed by atoms with Crippen molar-refractivity contribution in [2.24, 2.45) is 5.92 Å². The van der Waals surface area contributed by atoms with Crippen molar-refractivity contribution >= 4 is 23.1 Å². The van der Waals surface area contributed by atoms with Crippen molar-refractivity contribution in [3.8, 4) is 0 Å². The minimum atomic E-state index is -0.258. The molecule has 1 amide bonds. The Labute approximate surface area is 145 Å². The van der Waals surface area contributed by atoms with Gasteiger partial charge in [0.1, 0.15) is 11.6 Å². The van der Waals surface area contributed by atoms with Gasteiger partial charge in [0.25, 0.3) is 0 Å². The first-order valence-electron chi connectivity index (χ1n) is 8.42. The summed E-state index contributed by atoms with van der Waals surface area (Å²) in [4.78, 5) is 18.0. The van der Waals surface area contributed by atoms with Crippen LogP contribution in [0.15, 0.2) is 35.8 Å². The highest BCUT2D eigenvalue weighted by molar-refractivity contribution is 7.09. The van der Waals surface area contributed by atoms with Crippen molar-refractivity contribution in [1.29, 1.82) is 0 Å². The number of amides is 1. The van der Waals surface area contributed by atoms with E-state index in [0.717, 1.165) is 5.69 Å². The van der Waals surface area contributed by atoms with Crippen molar-refractivity contribution in [1.82, 2.24) is 10.3 Å². The highest BCUT2D eigenvalue weighted by Crippen LogP contribution is 2.42. The Bertz CT molecular complexity index is 715. The standard InChI is InChI=1S/C18H21N3O2S/c1-12(20-16(13-5-6-13)17-19-7-10-24-17)14-3-2-4-15(11-14)21-8-9-23-18(21)22/h2-4,7,10-13,16,20H,5-6,8-9H2,1H3/t12-,16+/m1/s1. The molecule has 1 saturated heterocycles. The van der Waals surface area contributed by atoms with E-state index >= 15 is 0 Å². The Morgan fingerprint density at radius 3 is 2.96 bits per heavy atom. The highest BCUT2D eigenvalue weighted by Gasteiger charge is 2.34. The van der Waals surface area contributed by atoms with E-state index in [1.807, 2.05) is 23.7 Å². The fraction of sp³-hybridized carbons (Fsp3) is 0.444. The van der Waals surface area contributed by atoms with Crippen LogP contribution < -0.4 is 10.2 Å². The number of thiazole rings is 1. The fourth-order valence-electron chi connectivity index (χ4n) is 3.18. The first kappa shape index (κ1) is 15.6. The van der Waals surface area contributed by atoms with E-state index in [1.54, 1.807) is 16.2 Å². The number of anilines is 1. The van der Waals surface area contributed by atoms with Gasteiger partial charge in [-0.25, -0.2) is 9.78 Å². The van der Waals surface area contributed by atoms with Crippen LogP contribution in [-0.2, 0) is 4.74 Å². The van der Waals surface area contributed by atoms with Gasteiger partial charge >= 0.3 is 6.09 Å². The van der Waals surface area contributed by atoms with E-state index in [-0.39, 0.29) is 12.1 Å². The van der Waals surface area contributed by atoms with Crippen LogP contribution in [-0.4, -0.2) is 24.2 Å². The first-order valence-corrected chi connectivity index (χ1v) is 9.30. The SMILES string of the molecule is C[C@@H](N[C@H](c1nccs1)C1CC1)c1cccc(N2CCOC2=O)c1. The number of ether oxygens (including phenoxy) is 1. The molecule has 1 aliphatic carbocycles. The molecule has 0 spiro atoms. The molecular weight excluding hydrogens is 322 g/mol. The zero-order valence-electron chi connectivity index (χ0n) is 13.6. The maximum atomic E-state index is 11.8. The average Bonchev–Trinajstić information content (AvgIpc) is 3.11. The van der Waals surface area contributed by atoms with Gasteiger partial charge < -0.3 is 10.1 Å². The molecule has 2 atom stereocenters. The summed E-state index contributed by atoms with van der Waals surface area (Å²) >= 11 is 1.72. The lowest BCUT2D eigenvalue weighted by atomic mass is 10.0. The number of aromatic nitrogens is 1. The topological polar surface area (TPSA) is 54.5 Å². The summed E-state index contributed by atoms with van der Waals surface area (Å²) in [5.41, 5.74) is 2.08. The van der Waals surface area contributed by atoms with Crippen LogP contribution in [0.2, 0.25) is 0 Å². The largest absolute Gasteiger partial charge is 0.447 e. The maximum absolute atomic E-state index is 11.8. The third-order valence-corrected chi connectivity index (χ3v) is 5.54. The summed E-state index contributed by atoms with van der Waals surface area (Å²) < 4.78 is 5.04. The molecule has 5 nitrogen and oxygen atoms in total. The van der Waals surface area contributed by atoms with Gasteiger partial charge in [-0.1, -0.05) is 12.1 Å². The predicted molar refractivity (Wildman–Crippen MR) is 94.3 cm³/mol. The zero-order valence-corrected chi connectivity index (χ0v) is 14.5. The summed E-state index contributed by atoms with van der Waals surface area (Å²) in [6.07, 6.45) is 4.15. The number of nitrogens with zero attached hydrogens (tertiary/aromatic N) is 2. The quantitative estimate of drug-likeness (QED) is 0.864. The third-order valence-electron chi connectivity index (χ3n) is 4.68. The molecule has 2 aliphatic rings. The lowest BCUT2D eigenvalue weighted by molar-refractivity contribution is 0.181. The lowest BCUT2D eigenvalue weighted by Crippen LogP contribution is -2.27. The van der Waals surface area contributed by atoms with E-state index < -0.39 is 0 Å². The second-order valence-electron chi connectivity index (χ2n) is 6.43. The van der Waals surface area contributed by atoms with E-state index in [2.05, 4.69) is 29.4 Å². The fourth-order valence-corrected chi connectivity index (χ4v) is 3.97. The van der Waals surface area contributed by atoms with Crippen molar-refractivity contribution in [3.63, 3.8) is 0 Å². The summed E-state index contributed by atoms with van der Waals surface area (Å²) in [6.45, 7) is 3.25. The molecule has 4 rings (SSSR count). The smallest absolute Gasteiger partial charge is 0.414 e. The molecule has 2 aromatic rings. The van der Waals surface area contributed by atoms with Gasteiger partial charge in [-0.2, -0.15) is 0 Å². The van der Waals surface area contributed by atoms with Crippen LogP contribution in [0.5, 0.6) is 0 Å². The van der Waals surface area contributed by atoms with Crippen LogP contribution in [0.4, 0.5) is 10.5 Å². The van der Waals surface area contributed by atoms with Crippen molar-refractivity contribution in [3.05, 3.63) is 46.4 Å². The minimum absolute atomic E-state index is 0.193. The van der Waals surface area contributed by atoms with Gasteiger partial charge in [0, 0.05) is 23.3 Å². The molecular formula is C18H21N3O2S. The Morgan fingerprint density at radius 1 is 1.42 bits per heavy atom. The zero-order chi connectivity index (χ0) is 16.5. The molecule has 1 saturated carbocycles. The normalized spacial score (nSPS) is 20.0. The van der Waals surface area contributed by atoms with E-state index in [1.165, 1.54) is 23.4 Å². The predicted octanol–water partition coefficient (Wildman–Crippen LogP) is 3.90. The molecule has 1 aromatic heterocycles. The van der Waals surface area contributed by atoms with Gasteiger partial charge in [-0.15, -0.1) is 11.3 Å². The van der Waals surface area contributed by atoms with Gasteiger partial charge in [-0.3, -0.25) is 4.90 Å². The van der Waals surface area contributed by atoms with Crippen molar-refractivity contribution in [2.45, 2.75) is 31.8 Å². The maximum Gasteiger partial charge on any atom is 0.414 e. The average molecular weight is 343 g/mol. The molecule has 0 bridgehead atoms. The van der Waals surface area contributed by atoms with Gasteiger partial charge in [0.2, 0.25) is 0 Å². The molecule has 6 heteroatoms. The minimum Gasteiger partial charge on any atom is -0.447 e. The summed E-state index contributed by atoms with van der Waals surface area (Å²) in [5, 5.41) is 6.95. The Morgan fingerprint density at radius 2 is 2.29 bits per heavy atom. The second-order valence-corrected chi connectivity index (χ2v) is 7.36. The van der Waals surface area contributed by atoms with Crippen molar-refractivity contribution < 1.29 is 9.53 Å². The molecule has 1 N–H and O–H groups in total. The molecule has 0 unspecified atom stereocenters. The van der Waals surface area contributed by atoms with Gasteiger partial charge in [-0.05, 0) is 43.4 Å². The number of nitrogens with one attached hydrogen (secondary N) is 1. The molecule has 1 aromatic carbocycles. The van der Waals surface area contributed by atoms with Crippen molar-refractivity contribution in [2.75, 3.05) is 18.1 Å². The monoisotopic (exact) mass is 343 g/mol. The number of hydrogen-bond acceptors (Lipinski definition) is 5. The lowest BCUT2D eigenvalue weighted by Gasteiger charge is -2.23. The van der Waals surface area contributed by atoms with Crippen LogP contribution in [0.3, 0.4) is 0 Å². The number of carbonyl (C=O) groups excluding carboxylic acids is 1. The highest BCUT2D eigenvalue weighted by atomic mass is 32.1. The Balaban J connectivity index is 1.51. The number of benzene rings is 1. The van der Waals surface area contributed by atoms with E-state index in [0.29, 0.717) is 25.1 Å². The first-order chi connectivity index (χ1) is 11.7. The molecule has 1 aliphatic heterocycles. The summed E-state index contributed by atoms with van der Waals surface area (Å²) in [6, 6.07) is 8.66. The molecule has 2 heterocycles. The van der Waals surface area contributed by atoms with Crippen LogP contribution in [0.1, 0.15) is 42.4 Å². The summed E-state index contributed by atoms with van der Waals surface area (Å²) in [5.74, 6) is 0.690. The van der Waals surface area contributed by atoms with E-state index in [9.17, 15) is 4.79 Å². The number of carbonyl (C=O) groups is 1. The molecule has 24 heavy (non-hydrogen) atoms. The molecule has 126 valence electrons. The molecule has 2 fully saturated rings. The Hall–Kier alpha value is -1.92. The van der Waals surface area contributed by atoms with Gasteiger partial charge in [0.15, 0.2) is 0 Å². The van der Waals surface area contributed by atoms with Crippen LogP contribution in [0.25, 0.3) is 0 Å². The van der Waals surface area contributed by atoms with Crippen LogP contribution >= 0.6 is 11.3 Å². The second kappa shape index (κ2) is 6.53. The Kier molecular flexibility index (Phi) is 4.24. The van der Waals surface area contributed by atoms with E-state index in [4.69, 9.17) is 4.74 Å². The third kappa shape index (κ3) is 3.16. The van der Waals surface area contributed by atoms with Crippen LogP contribution in [0, 0.1) is 5.92 Å². The number of hydrogen-bond donors (Lipinski definition) is 1. The number of rotatable bonds is 6. The summed E-state index contributed by atoms with van der Waals surface area (Å²) in [7, 11) is 0. The number of cyclic esters (lactones) is 1. The molecule has 0 radical (unpaired) electrons. The van der Waals surface area contributed by atoms with Gasteiger partial charge in [0.05, 0.1) is 12.6 Å².